The molecule has 0 unspecified atom stereocenters. The summed E-state index contributed by atoms with van der Waals surface area (Å²) < 4.78 is 25.7. The molecule has 1 spiro atoms. The van der Waals surface area contributed by atoms with Gasteiger partial charge in [-0.05, 0) is 38.3 Å². The Labute approximate surface area is 118 Å². The molecule has 3 rings (SSSR count). The van der Waals surface area contributed by atoms with Crippen LogP contribution in [0.25, 0.3) is 0 Å². The van der Waals surface area contributed by atoms with Crippen LogP contribution in [0.15, 0.2) is 6.07 Å². The van der Waals surface area contributed by atoms with E-state index in [1.54, 1.807) is 0 Å². The molecule has 4 nitrogen and oxygen atoms in total. The lowest BCUT2D eigenvalue weighted by atomic mass is 10.0. The second-order valence-corrected chi connectivity index (χ2v) is 5.25. The van der Waals surface area contributed by atoms with E-state index in [1.807, 2.05) is 31.9 Å². The van der Waals surface area contributed by atoms with E-state index < -0.39 is 5.82 Å². The molecule has 1 aromatic carbocycles. The van der Waals surface area contributed by atoms with Crippen molar-refractivity contribution in [1.29, 1.82) is 5.41 Å². The van der Waals surface area contributed by atoms with E-state index in [9.17, 15) is 4.39 Å². The van der Waals surface area contributed by atoms with E-state index in [4.69, 9.17) is 14.9 Å². The fourth-order valence-corrected chi connectivity index (χ4v) is 3.03. The molecule has 1 heterocycles. The number of hydrogen-bond acceptors (Lipinski definition) is 3. The third-order valence-corrected chi connectivity index (χ3v) is 4.22. The van der Waals surface area contributed by atoms with Crippen LogP contribution in [-0.4, -0.2) is 31.0 Å². The number of benzene rings is 1. The van der Waals surface area contributed by atoms with Crippen LogP contribution >= 0.6 is 0 Å². The lowest BCUT2D eigenvalue weighted by molar-refractivity contribution is 0.274. The van der Waals surface area contributed by atoms with Crippen LogP contribution in [0.1, 0.15) is 37.8 Å². The Morgan fingerprint density at radius 3 is 2.50 bits per heavy atom. The molecular formula is C15H19FN2O2. The quantitative estimate of drug-likeness (QED) is 0.921. The van der Waals surface area contributed by atoms with Crippen molar-refractivity contribution in [2.75, 3.05) is 20.3 Å². The molecule has 0 aromatic heterocycles. The van der Waals surface area contributed by atoms with Gasteiger partial charge in [0.05, 0.1) is 24.3 Å². The Hall–Kier alpha value is -1.78. The number of ether oxygens (including phenoxy) is 2. The first-order valence-corrected chi connectivity index (χ1v) is 7.02. The van der Waals surface area contributed by atoms with Crippen molar-refractivity contribution in [3.05, 3.63) is 23.0 Å². The summed E-state index contributed by atoms with van der Waals surface area (Å²) in [5.74, 6) is 0.344. The highest BCUT2D eigenvalue weighted by molar-refractivity contribution is 6.03. The lowest BCUT2D eigenvalue weighted by Crippen LogP contribution is -2.28. The van der Waals surface area contributed by atoms with Gasteiger partial charge in [0.1, 0.15) is 5.84 Å². The average molecular weight is 278 g/mol. The van der Waals surface area contributed by atoms with E-state index in [1.165, 1.54) is 0 Å². The van der Waals surface area contributed by atoms with Crippen molar-refractivity contribution in [2.45, 2.75) is 32.2 Å². The van der Waals surface area contributed by atoms with Crippen LogP contribution in [0.3, 0.4) is 0 Å². The number of nitrogens with one attached hydrogen (secondary N) is 1. The molecule has 1 aromatic rings. The van der Waals surface area contributed by atoms with Gasteiger partial charge < -0.3 is 14.4 Å². The molecule has 108 valence electrons. The number of rotatable bonds is 4. The molecule has 0 bridgehead atoms. The SMILES string of the molecule is CCOc1cc2c(c(F)c1OCC)C(=N)N(C)C21CC1. The first kappa shape index (κ1) is 13.2. The van der Waals surface area contributed by atoms with E-state index in [0.29, 0.717) is 24.5 Å². The summed E-state index contributed by atoms with van der Waals surface area (Å²) in [5, 5.41) is 8.16. The second kappa shape index (κ2) is 4.36. The maximum Gasteiger partial charge on any atom is 0.197 e. The molecule has 1 aliphatic heterocycles. The Balaban J connectivity index is 2.20. The highest BCUT2D eigenvalue weighted by Gasteiger charge is 2.56. The highest BCUT2D eigenvalue weighted by atomic mass is 19.1. The summed E-state index contributed by atoms with van der Waals surface area (Å²) in [6.45, 7) is 4.49. The van der Waals surface area contributed by atoms with Gasteiger partial charge in [0.15, 0.2) is 17.3 Å². The monoisotopic (exact) mass is 278 g/mol. The minimum Gasteiger partial charge on any atom is -0.490 e. The van der Waals surface area contributed by atoms with Crippen LogP contribution in [0, 0.1) is 11.2 Å². The molecule has 2 aliphatic rings. The third kappa shape index (κ3) is 1.55. The van der Waals surface area contributed by atoms with Crippen molar-refractivity contribution in [3.63, 3.8) is 0 Å². The predicted octanol–water partition coefficient (Wildman–Crippen LogP) is 2.88. The van der Waals surface area contributed by atoms with Gasteiger partial charge in [-0.25, -0.2) is 4.39 Å². The van der Waals surface area contributed by atoms with Crippen molar-refractivity contribution < 1.29 is 13.9 Å². The molecule has 0 radical (unpaired) electrons. The molecule has 1 fully saturated rings. The zero-order valence-electron chi connectivity index (χ0n) is 12.0. The van der Waals surface area contributed by atoms with Gasteiger partial charge in [-0.2, -0.15) is 0 Å². The van der Waals surface area contributed by atoms with Gasteiger partial charge in [0.2, 0.25) is 0 Å². The van der Waals surface area contributed by atoms with Crippen LogP contribution in [0.5, 0.6) is 11.5 Å². The van der Waals surface area contributed by atoms with Gasteiger partial charge >= 0.3 is 0 Å². The second-order valence-electron chi connectivity index (χ2n) is 5.25. The molecule has 1 N–H and O–H groups in total. The van der Waals surface area contributed by atoms with Crippen molar-refractivity contribution in [3.8, 4) is 11.5 Å². The summed E-state index contributed by atoms with van der Waals surface area (Å²) in [7, 11) is 1.86. The third-order valence-electron chi connectivity index (χ3n) is 4.22. The van der Waals surface area contributed by atoms with Crippen molar-refractivity contribution in [1.82, 2.24) is 4.90 Å². The number of amidine groups is 1. The van der Waals surface area contributed by atoms with Crippen molar-refractivity contribution >= 4 is 5.84 Å². The molecule has 0 atom stereocenters. The van der Waals surface area contributed by atoms with Crippen LogP contribution in [-0.2, 0) is 5.54 Å². The minimum atomic E-state index is -0.464. The number of fused-ring (bicyclic) bond motifs is 2. The smallest absolute Gasteiger partial charge is 0.197 e. The van der Waals surface area contributed by atoms with E-state index in [0.717, 1.165) is 18.4 Å². The Bertz CT molecular complexity index is 582. The van der Waals surface area contributed by atoms with Crippen molar-refractivity contribution in [2.24, 2.45) is 0 Å². The number of halogens is 1. The van der Waals surface area contributed by atoms with Crippen LogP contribution in [0.2, 0.25) is 0 Å². The Morgan fingerprint density at radius 1 is 1.30 bits per heavy atom. The normalized spacial score (nSPS) is 18.4. The molecule has 1 saturated carbocycles. The molecular weight excluding hydrogens is 259 g/mol. The van der Waals surface area contributed by atoms with E-state index >= 15 is 0 Å². The minimum absolute atomic E-state index is 0.129. The zero-order valence-corrected chi connectivity index (χ0v) is 12.0. The van der Waals surface area contributed by atoms with Gasteiger partial charge in [-0.1, -0.05) is 0 Å². The largest absolute Gasteiger partial charge is 0.490 e. The topological polar surface area (TPSA) is 45.6 Å². The average Bonchev–Trinajstić information content (AvgIpc) is 3.19. The Morgan fingerprint density at radius 2 is 1.95 bits per heavy atom. The van der Waals surface area contributed by atoms with Crippen LogP contribution < -0.4 is 9.47 Å². The van der Waals surface area contributed by atoms with E-state index in [2.05, 4.69) is 0 Å². The maximum absolute atomic E-state index is 14.8. The van der Waals surface area contributed by atoms with Gasteiger partial charge in [-0.3, -0.25) is 5.41 Å². The summed E-state index contributed by atoms with van der Waals surface area (Å²) >= 11 is 0. The summed E-state index contributed by atoms with van der Waals surface area (Å²) in [4.78, 5) is 1.87. The molecule has 5 heteroatoms. The predicted molar refractivity (Wildman–Crippen MR) is 74.2 cm³/mol. The summed E-state index contributed by atoms with van der Waals surface area (Å²) in [5.41, 5.74) is 1.05. The fraction of sp³-hybridized carbons (Fsp3) is 0.533. The molecule has 0 amide bonds. The standard InChI is InChI=1S/C15H19FN2O2/c1-4-19-10-8-9-11(12(16)13(10)20-5-2)14(17)18(3)15(9)6-7-15/h8,17H,4-7H2,1-3H3. The van der Waals surface area contributed by atoms with Gasteiger partial charge in [-0.15, -0.1) is 0 Å². The van der Waals surface area contributed by atoms with Gasteiger partial charge in [0.25, 0.3) is 0 Å². The molecule has 20 heavy (non-hydrogen) atoms. The lowest BCUT2D eigenvalue weighted by Gasteiger charge is -2.21. The Kier molecular flexibility index (Phi) is 2.88. The molecule has 0 saturated heterocycles. The molecule has 1 aliphatic carbocycles. The maximum atomic E-state index is 14.8. The highest BCUT2D eigenvalue weighted by Crippen LogP contribution is 2.58. The number of nitrogens with zero attached hydrogens (tertiary/aromatic N) is 1. The summed E-state index contributed by atoms with van der Waals surface area (Å²) in [6, 6.07) is 1.86. The zero-order chi connectivity index (χ0) is 14.5. The number of hydrogen-bond donors (Lipinski definition) is 1. The van der Waals surface area contributed by atoms with Gasteiger partial charge in [0, 0.05) is 7.05 Å². The first-order chi connectivity index (χ1) is 9.56. The van der Waals surface area contributed by atoms with E-state index in [-0.39, 0.29) is 17.1 Å². The first-order valence-electron chi connectivity index (χ1n) is 7.02. The fourth-order valence-electron chi connectivity index (χ4n) is 3.03. The van der Waals surface area contributed by atoms with Crippen LogP contribution in [0.4, 0.5) is 4.39 Å². The summed E-state index contributed by atoms with van der Waals surface area (Å²) in [6.07, 6.45) is 1.91.